The molecule has 0 radical (unpaired) electrons. The largest absolute Gasteiger partial charge is 0.436 e. The van der Waals surface area contributed by atoms with Crippen molar-refractivity contribution < 1.29 is 24.3 Å². The van der Waals surface area contributed by atoms with Gasteiger partial charge in [0.25, 0.3) is 0 Å². The van der Waals surface area contributed by atoms with Gasteiger partial charge in [0.2, 0.25) is 5.72 Å². The van der Waals surface area contributed by atoms with E-state index in [-0.39, 0.29) is 13.0 Å². The number of esters is 1. The highest BCUT2D eigenvalue weighted by atomic mass is 35.5. The standard InChI is InChI=1S/C14H14ClNO5/c1-13(19)5-6-16-14(8-13,20-11(17)12(18)21-16)9-3-2-4-10(15)7-9/h2-4,7,19H,5-6,8H2,1H3. The van der Waals surface area contributed by atoms with E-state index in [9.17, 15) is 14.7 Å². The summed E-state index contributed by atoms with van der Waals surface area (Å²) in [5.41, 5.74) is -1.85. The first-order valence-corrected chi connectivity index (χ1v) is 6.92. The number of carbonyl (C=O) groups is 2. The van der Waals surface area contributed by atoms with Crippen molar-refractivity contribution in [2.45, 2.75) is 31.1 Å². The van der Waals surface area contributed by atoms with E-state index in [2.05, 4.69) is 0 Å². The van der Waals surface area contributed by atoms with Crippen molar-refractivity contribution in [3.63, 3.8) is 0 Å². The van der Waals surface area contributed by atoms with E-state index in [0.29, 0.717) is 17.0 Å². The summed E-state index contributed by atoms with van der Waals surface area (Å²) in [6, 6.07) is 6.73. The topological polar surface area (TPSA) is 76.1 Å². The van der Waals surface area contributed by atoms with Crippen molar-refractivity contribution in [2.24, 2.45) is 0 Å². The number of hydrogen-bond donors (Lipinski definition) is 1. The van der Waals surface area contributed by atoms with Crippen LogP contribution in [0.3, 0.4) is 0 Å². The fourth-order valence-electron chi connectivity index (χ4n) is 2.79. The molecule has 0 saturated carbocycles. The van der Waals surface area contributed by atoms with Gasteiger partial charge >= 0.3 is 11.9 Å². The molecule has 0 aliphatic carbocycles. The van der Waals surface area contributed by atoms with E-state index < -0.39 is 23.3 Å². The summed E-state index contributed by atoms with van der Waals surface area (Å²) in [4.78, 5) is 28.2. The van der Waals surface area contributed by atoms with E-state index >= 15 is 0 Å². The van der Waals surface area contributed by atoms with E-state index in [1.165, 1.54) is 5.06 Å². The van der Waals surface area contributed by atoms with Crippen LogP contribution in [-0.2, 0) is 24.9 Å². The number of piperidine rings is 1. The zero-order valence-corrected chi connectivity index (χ0v) is 12.1. The molecule has 112 valence electrons. The molecular formula is C14H14ClNO5. The summed E-state index contributed by atoms with van der Waals surface area (Å²) in [5, 5.41) is 12.1. The average Bonchev–Trinajstić information content (AvgIpc) is 2.40. The maximum Gasteiger partial charge on any atom is 0.436 e. The zero-order valence-electron chi connectivity index (χ0n) is 11.3. The Morgan fingerprint density at radius 2 is 2.10 bits per heavy atom. The van der Waals surface area contributed by atoms with Gasteiger partial charge < -0.3 is 14.7 Å². The second kappa shape index (κ2) is 4.69. The Bertz CT molecular complexity index is 617. The molecule has 2 fully saturated rings. The lowest BCUT2D eigenvalue weighted by molar-refractivity contribution is -0.340. The molecule has 2 heterocycles. The first kappa shape index (κ1) is 14.3. The molecule has 21 heavy (non-hydrogen) atoms. The molecule has 0 aromatic heterocycles. The number of halogens is 1. The predicted molar refractivity (Wildman–Crippen MR) is 71.9 cm³/mol. The molecule has 2 aliphatic rings. The monoisotopic (exact) mass is 311 g/mol. The molecule has 6 nitrogen and oxygen atoms in total. The Labute approximate surface area is 126 Å². The van der Waals surface area contributed by atoms with Crippen LogP contribution < -0.4 is 0 Å². The van der Waals surface area contributed by atoms with Gasteiger partial charge in [0.1, 0.15) is 0 Å². The Kier molecular flexibility index (Phi) is 3.20. The van der Waals surface area contributed by atoms with Crippen LogP contribution in [0.1, 0.15) is 25.3 Å². The van der Waals surface area contributed by atoms with Gasteiger partial charge in [0.15, 0.2) is 0 Å². The van der Waals surface area contributed by atoms with Crippen molar-refractivity contribution >= 4 is 23.5 Å². The highest BCUT2D eigenvalue weighted by Gasteiger charge is 2.57. The molecule has 1 aromatic carbocycles. The average molecular weight is 312 g/mol. The van der Waals surface area contributed by atoms with Crippen LogP contribution in [0.15, 0.2) is 24.3 Å². The maximum atomic E-state index is 11.7. The van der Waals surface area contributed by atoms with Crippen LogP contribution in [0.2, 0.25) is 5.02 Å². The van der Waals surface area contributed by atoms with Crippen LogP contribution >= 0.6 is 11.6 Å². The number of carbonyl (C=O) groups excluding carboxylic acids is 2. The molecule has 0 bridgehead atoms. The van der Waals surface area contributed by atoms with Crippen molar-refractivity contribution in [1.29, 1.82) is 0 Å². The second-order valence-corrected chi connectivity index (χ2v) is 6.03. The Morgan fingerprint density at radius 3 is 2.81 bits per heavy atom. The lowest BCUT2D eigenvalue weighted by atomic mass is 9.82. The van der Waals surface area contributed by atoms with Gasteiger partial charge in [-0.2, -0.15) is 0 Å². The molecular weight excluding hydrogens is 298 g/mol. The summed E-state index contributed by atoms with van der Waals surface area (Å²) in [6.45, 7) is 1.90. The van der Waals surface area contributed by atoms with Crippen LogP contribution in [0.4, 0.5) is 0 Å². The first-order valence-electron chi connectivity index (χ1n) is 6.54. The van der Waals surface area contributed by atoms with Gasteiger partial charge in [-0.1, -0.05) is 28.8 Å². The third-order valence-corrected chi connectivity index (χ3v) is 4.01. The van der Waals surface area contributed by atoms with Crippen LogP contribution in [0.25, 0.3) is 0 Å². The molecule has 1 N–H and O–H groups in total. The Balaban J connectivity index is 2.10. The molecule has 0 amide bonds. The molecule has 2 saturated heterocycles. The fourth-order valence-corrected chi connectivity index (χ4v) is 2.98. The van der Waals surface area contributed by atoms with Crippen molar-refractivity contribution in [3.05, 3.63) is 34.9 Å². The van der Waals surface area contributed by atoms with E-state index in [1.54, 1.807) is 31.2 Å². The second-order valence-electron chi connectivity index (χ2n) is 5.59. The van der Waals surface area contributed by atoms with Gasteiger partial charge in [0, 0.05) is 23.6 Å². The number of nitrogens with zero attached hydrogens (tertiary/aromatic N) is 1. The van der Waals surface area contributed by atoms with Crippen LogP contribution in [0, 0.1) is 0 Å². The van der Waals surface area contributed by atoms with Crippen molar-refractivity contribution in [3.8, 4) is 0 Å². The summed E-state index contributed by atoms with van der Waals surface area (Å²) < 4.78 is 5.36. The minimum atomic E-state index is -1.35. The van der Waals surface area contributed by atoms with Gasteiger partial charge in [-0.05, 0) is 25.5 Å². The zero-order chi connectivity index (χ0) is 15.3. The Morgan fingerprint density at radius 1 is 1.33 bits per heavy atom. The van der Waals surface area contributed by atoms with Gasteiger partial charge in [-0.15, -0.1) is 0 Å². The summed E-state index contributed by atoms with van der Waals surface area (Å²) in [7, 11) is 0. The summed E-state index contributed by atoms with van der Waals surface area (Å²) in [6.07, 6.45) is 0.472. The highest BCUT2D eigenvalue weighted by Crippen LogP contribution is 2.45. The van der Waals surface area contributed by atoms with E-state index in [0.717, 1.165) is 0 Å². The lowest BCUT2D eigenvalue weighted by Gasteiger charge is -2.50. The van der Waals surface area contributed by atoms with E-state index in [4.69, 9.17) is 21.2 Å². The van der Waals surface area contributed by atoms with Crippen LogP contribution in [0.5, 0.6) is 0 Å². The molecule has 2 aliphatic heterocycles. The molecule has 3 rings (SSSR count). The van der Waals surface area contributed by atoms with Gasteiger partial charge in [-0.3, -0.25) is 0 Å². The first-order chi connectivity index (χ1) is 9.82. The molecule has 2 unspecified atom stereocenters. The number of hydroxylamine groups is 2. The van der Waals surface area contributed by atoms with Crippen LogP contribution in [-0.4, -0.2) is 34.3 Å². The predicted octanol–water partition coefficient (Wildman–Crippen LogP) is 1.35. The number of ether oxygens (including phenoxy) is 1. The SMILES string of the molecule is CC1(O)CCN2OC(=O)C(=O)OC2(c2cccc(Cl)c2)C1. The van der Waals surface area contributed by atoms with Gasteiger partial charge in [-0.25, -0.2) is 9.59 Å². The lowest BCUT2D eigenvalue weighted by Crippen LogP contribution is -2.62. The van der Waals surface area contributed by atoms with E-state index in [1.807, 2.05) is 0 Å². The number of hydrogen-bond acceptors (Lipinski definition) is 6. The minimum absolute atomic E-state index is 0.0827. The van der Waals surface area contributed by atoms with Gasteiger partial charge in [0.05, 0.1) is 5.60 Å². The summed E-state index contributed by atoms with van der Waals surface area (Å²) in [5.74, 6) is -2.14. The molecule has 1 aromatic rings. The number of benzene rings is 1. The molecule has 2 atom stereocenters. The fraction of sp³-hybridized carbons (Fsp3) is 0.429. The highest BCUT2D eigenvalue weighted by molar-refractivity contribution is 6.31. The molecule has 0 spiro atoms. The normalized spacial score (nSPS) is 33.1. The van der Waals surface area contributed by atoms with Crippen molar-refractivity contribution in [2.75, 3.05) is 6.54 Å². The maximum absolute atomic E-state index is 11.7. The smallest absolute Gasteiger partial charge is 0.428 e. The summed E-state index contributed by atoms with van der Waals surface area (Å²) >= 11 is 6.00. The molecule has 7 heteroatoms. The van der Waals surface area contributed by atoms with Crippen molar-refractivity contribution in [1.82, 2.24) is 5.06 Å². The third kappa shape index (κ3) is 2.39. The number of aliphatic hydroxyl groups is 1. The number of rotatable bonds is 1. The quantitative estimate of drug-likeness (QED) is 0.623. The Hall–Kier alpha value is -1.63. The number of fused-ring (bicyclic) bond motifs is 1. The third-order valence-electron chi connectivity index (χ3n) is 3.77. The minimum Gasteiger partial charge on any atom is -0.428 e.